The highest BCUT2D eigenvalue weighted by Crippen LogP contribution is 2.44. The number of amides is 1. The van der Waals surface area contributed by atoms with Gasteiger partial charge in [-0.15, -0.1) is 0 Å². The molecule has 0 aliphatic carbocycles. The molecule has 0 unspecified atom stereocenters. The van der Waals surface area contributed by atoms with Crippen LogP contribution >= 0.6 is 11.8 Å². The van der Waals surface area contributed by atoms with Crippen LogP contribution in [0.1, 0.15) is 31.9 Å². The molecule has 136 valence electrons. The van der Waals surface area contributed by atoms with Crippen molar-refractivity contribution < 1.29 is 18.7 Å². The molecule has 0 radical (unpaired) electrons. The number of ether oxygens (including phenoxy) is 1. The molecule has 7 heteroatoms. The molecule has 0 spiro atoms. The van der Waals surface area contributed by atoms with Crippen molar-refractivity contribution in [3.8, 4) is 0 Å². The lowest BCUT2D eigenvalue weighted by molar-refractivity contribution is -0.139. The van der Waals surface area contributed by atoms with Crippen molar-refractivity contribution in [3.05, 3.63) is 59.6 Å². The molecule has 1 aromatic rings. The Balaban J connectivity index is 2.12. The van der Waals surface area contributed by atoms with E-state index in [0.29, 0.717) is 22.8 Å². The first-order valence-electron chi connectivity index (χ1n) is 8.30. The van der Waals surface area contributed by atoms with Gasteiger partial charge in [0.25, 0.3) is 0 Å². The van der Waals surface area contributed by atoms with Crippen molar-refractivity contribution in [2.24, 2.45) is 4.99 Å². The summed E-state index contributed by atoms with van der Waals surface area (Å²) in [6.07, 6.45) is 2.11. The number of fused-ring (bicyclic) bond motifs is 1. The number of halogens is 1. The summed E-state index contributed by atoms with van der Waals surface area (Å²) in [7, 11) is 0. The maximum atomic E-state index is 13.8. The van der Waals surface area contributed by atoms with Gasteiger partial charge in [0.1, 0.15) is 12.4 Å². The number of carbonyl (C=O) groups excluding carboxylic acids is 2. The van der Waals surface area contributed by atoms with Crippen molar-refractivity contribution >= 4 is 28.8 Å². The van der Waals surface area contributed by atoms with E-state index in [-0.39, 0.29) is 23.3 Å². The number of rotatable bonds is 5. The molecule has 0 aromatic heterocycles. The molecule has 1 amide bonds. The maximum Gasteiger partial charge on any atom is 0.338 e. The van der Waals surface area contributed by atoms with Gasteiger partial charge in [-0.3, -0.25) is 9.69 Å². The Morgan fingerprint density at radius 2 is 2.27 bits per heavy atom. The summed E-state index contributed by atoms with van der Waals surface area (Å²) in [6.45, 7) is 7.20. The van der Waals surface area contributed by atoms with Crippen LogP contribution in [0.4, 0.5) is 4.39 Å². The SMILES string of the molecule is C=CCOC(=O)C1=C(C)N=C2S[C@@H](CC)C(=O)N2[C@@H]1c1cccc(F)c1. The number of allylic oxidation sites excluding steroid dienone is 1. The fraction of sp³-hybridized carbons (Fsp3) is 0.316. The second-order valence-electron chi connectivity index (χ2n) is 5.96. The quantitative estimate of drug-likeness (QED) is 0.584. The van der Waals surface area contributed by atoms with Crippen molar-refractivity contribution in [2.75, 3.05) is 6.61 Å². The smallest absolute Gasteiger partial charge is 0.338 e. The van der Waals surface area contributed by atoms with Crippen LogP contribution in [0.15, 0.2) is 53.2 Å². The first kappa shape index (κ1) is 18.4. The molecule has 1 fully saturated rings. The summed E-state index contributed by atoms with van der Waals surface area (Å²) in [6, 6.07) is 5.15. The molecule has 5 nitrogen and oxygen atoms in total. The monoisotopic (exact) mass is 374 g/mol. The number of hydrogen-bond acceptors (Lipinski definition) is 5. The molecule has 2 aliphatic rings. The van der Waals surface area contributed by atoms with Gasteiger partial charge in [-0.2, -0.15) is 0 Å². The van der Waals surface area contributed by atoms with Crippen LogP contribution in [0.2, 0.25) is 0 Å². The minimum atomic E-state index is -0.757. The third-order valence-corrected chi connectivity index (χ3v) is 5.56. The molecule has 2 aliphatic heterocycles. The average Bonchev–Trinajstić information content (AvgIpc) is 2.93. The van der Waals surface area contributed by atoms with E-state index in [0.717, 1.165) is 0 Å². The normalized spacial score (nSPS) is 22.2. The maximum absolute atomic E-state index is 13.8. The molecular formula is C19H19FN2O3S. The Labute approximate surface area is 155 Å². The Kier molecular flexibility index (Phi) is 5.27. The number of hydrogen-bond donors (Lipinski definition) is 0. The van der Waals surface area contributed by atoms with E-state index < -0.39 is 17.8 Å². The zero-order chi connectivity index (χ0) is 18.8. The van der Waals surface area contributed by atoms with Crippen LogP contribution in [0.5, 0.6) is 0 Å². The molecule has 2 heterocycles. The van der Waals surface area contributed by atoms with Crippen LogP contribution in [0.25, 0.3) is 0 Å². The molecule has 0 bridgehead atoms. The Hall–Kier alpha value is -2.41. The summed E-state index contributed by atoms with van der Waals surface area (Å²) in [5.41, 5.74) is 1.22. The molecule has 1 saturated heterocycles. The number of amidine groups is 1. The van der Waals surface area contributed by atoms with Crippen LogP contribution < -0.4 is 0 Å². The Morgan fingerprint density at radius 3 is 2.92 bits per heavy atom. The average molecular weight is 374 g/mol. The van der Waals surface area contributed by atoms with Gasteiger partial charge in [0.2, 0.25) is 5.91 Å². The summed E-state index contributed by atoms with van der Waals surface area (Å²) in [5.74, 6) is -1.15. The predicted octanol–water partition coefficient (Wildman–Crippen LogP) is 3.59. The zero-order valence-corrected chi connectivity index (χ0v) is 15.4. The van der Waals surface area contributed by atoms with Gasteiger partial charge < -0.3 is 4.74 Å². The minimum absolute atomic E-state index is 0.0440. The highest BCUT2D eigenvalue weighted by Gasteiger charge is 2.47. The first-order valence-corrected chi connectivity index (χ1v) is 9.18. The highest BCUT2D eigenvalue weighted by atomic mass is 32.2. The van der Waals surface area contributed by atoms with Crippen LogP contribution in [-0.4, -0.2) is 33.8 Å². The molecule has 0 saturated carbocycles. The summed E-state index contributed by atoms with van der Waals surface area (Å²) in [4.78, 5) is 31.5. The van der Waals surface area contributed by atoms with Crippen LogP contribution in [0, 0.1) is 5.82 Å². The lowest BCUT2D eigenvalue weighted by Gasteiger charge is -2.33. The lowest BCUT2D eigenvalue weighted by Crippen LogP contribution is -2.40. The minimum Gasteiger partial charge on any atom is -0.458 e. The topological polar surface area (TPSA) is 59.0 Å². The van der Waals surface area contributed by atoms with E-state index in [1.54, 1.807) is 19.1 Å². The highest BCUT2D eigenvalue weighted by molar-refractivity contribution is 8.15. The number of thioether (sulfide) groups is 1. The fourth-order valence-electron chi connectivity index (χ4n) is 3.05. The van der Waals surface area contributed by atoms with E-state index >= 15 is 0 Å². The van der Waals surface area contributed by atoms with Gasteiger partial charge in [-0.05, 0) is 31.0 Å². The van der Waals surface area contributed by atoms with Gasteiger partial charge >= 0.3 is 5.97 Å². The van der Waals surface area contributed by atoms with Crippen molar-refractivity contribution in [3.63, 3.8) is 0 Å². The summed E-state index contributed by atoms with van der Waals surface area (Å²) >= 11 is 1.37. The number of benzene rings is 1. The standard InChI is InChI=1S/C19H19FN2O3S/c1-4-9-25-18(24)15-11(3)21-19-22(17(23)14(5-2)26-19)16(15)12-7-6-8-13(20)10-12/h4,6-8,10,14,16H,1,5,9H2,2-3H3/t14-,16+/m0/s1. The Bertz CT molecular complexity index is 834. The largest absolute Gasteiger partial charge is 0.458 e. The lowest BCUT2D eigenvalue weighted by atomic mass is 9.94. The van der Waals surface area contributed by atoms with Gasteiger partial charge in [0, 0.05) is 0 Å². The van der Waals surface area contributed by atoms with E-state index in [9.17, 15) is 14.0 Å². The summed E-state index contributed by atoms with van der Waals surface area (Å²) in [5, 5.41) is 0.273. The number of aliphatic imine (C=N–C) groups is 1. The zero-order valence-electron chi connectivity index (χ0n) is 14.6. The van der Waals surface area contributed by atoms with Crippen molar-refractivity contribution in [1.82, 2.24) is 4.90 Å². The molecule has 2 atom stereocenters. The second kappa shape index (κ2) is 7.45. The first-order chi connectivity index (χ1) is 12.5. The molecule has 0 N–H and O–H groups in total. The van der Waals surface area contributed by atoms with E-state index in [1.165, 1.54) is 34.9 Å². The van der Waals surface area contributed by atoms with E-state index in [4.69, 9.17) is 4.74 Å². The molecular weight excluding hydrogens is 355 g/mol. The van der Waals surface area contributed by atoms with Crippen LogP contribution in [-0.2, 0) is 14.3 Å². The van der Waals surface area contributed by atoms with Gasteiger partial charge in [0.15, 0.2) is 5.17 Å². The van der Waals surface area contributed by atoms with Gasteiger partial charge in [-0.1, -0.05) is 43.5 Å². The van der Waals surface area contributed by atoms with E-state index in [2.05, 4.69) is 11.6 Å². The Morgan fingerprint density at radius 1 is 1.50 bits per heavy atom. The third-order valence-electron chi connectivity index (χ3n) is 4.24. The predicted molar refractivity (Wildman–Crippen MR) is 98.9 cm³/mol. The molecule has 26 heavy (non-hydrogen) atoms. The van der Waals surface area contributed by atoms with Gasteiger partial charge in [0.05, 0.1) is 22.6 Å². The van der Waals surface area contributed by atoms with Gasteiger partial charge in [-0.25, -0.2) is 14.2 Å². The van der Waals surface area contributed by atoms with Crippen LogP contribution in [0.3, 0.4) is 0 Å². The number of carbonyl (C=O) groups is 2. The number of esters is 1. The van der Waals surface area contributed by atoms with Crippen molar-refractivity contribution in [1.29, 1.82) is 0 Å². The van der Waals surface area contributed by atoms with E-state index in [1.807, 2.05) is 6.92 Å². The molecule has 3 rings (SSSR count). The fourth-order valence-corrected chi connectivity index (χ4v) is 4.19. The molecule has 1 aromatic carbocycles. The third kappa shape index (κ3) is 3.19. The second-order valence-corrected chi connectivity index (χ2v) is 7.13. The summed E-state index contributed by atoms with van der Waals surface area (Å²) < 4.78 is 19.0. The van der Waals surface area contributed by atoms with Crippen molar-refractivity contribution in [2.45, 2.75) is 31.6 Å². The number of nitrogens with zero attached hydrogens (tertiary/aromatic N) is 2.